The molecular weight excluding hydrogens is 491 g/mol. The van der Waals surface area contributed by atoms with Crippen molar-refractivity contribution >= 4 is 11.9 Å². The van der Waals surface area contributed by atoms with E-state index in [0.29, 0.717) is 5.32 Å². The molecule has 0 fully saturated rings. The van der Waals surface area contributed by atoms with Crippen LogP contribution in [-0.2, 0) is 9.59 Å². The maximum Gasteiger partial charge on any atom is 0.460 e. The van der Waals surface area contributed by atoms with Crippen LogP contribution in [0.2, 0.25) is 0 Å². The minimum atomic E-state index is -8.40. The van der Waals surface area contributed by atoms with Gasteiger partial charge in [-0.3, -0.25) is 9.59 Å². The number of carboxylic acid groups (broad SMARTS) is 1. The zero-order valence-corrected chi connectivity index (χ0v) is 14.1. The molecule has 1 amide bonds. The minimum Gasteiger partial charge on any atom is -0.481 e. The van der Waals surface area contributed by atoms with Gasteiger partial charge in [0.1, 0.15) is 0 Å². The molecule has 0 spiro atoms. The van der Waals surface area contributed by atoms with E-state index in [4.69, 9.17) is 5.11 Å². The highest BCUT2D eigenvalue weighted by molar-refractivity contribution is 5.80. The lowest BCUT2D eigenvalue weighted by atomic mass is 9.91. The van der Waals surface area contributed by atoms with Crippen LogP contribution in [0.5, 0.6) is 0 Å². The van der Waals surface area contributed by atoms with Crippen LogP contribution >= 0.6 is 0 Å². The fraction of sp³-hybridized carbons (Fsp3) is 0.833. The SMILES string of the molecule is O=C(O)CCC(=O)NCC(F)(F)C(F)(F)C(F)(F)C(F)(F)C(F)(F)C(F)(F)C(F)(F)F. The molecule has 0 aromatic rings. The summed E-state index contributed by atoms with van der Waals surface area (Å²) in [5, 5.41) is 8.85. The molecule has 2 N–H and O–H groups in total. The molecule has 4 nitrogen and oxygen atoms in total. The maximum atomic E-state index is 13.4. The molecule has 0 saturated heterocycles. The highest BCUT2D eigenvalue weighted by Crippen LogP contribution is 2.62. The average molecular weight is 499 g/mol. The number of carbonyl (C=O) groups excluding carboxylic acids is 1. The van der Waals surface area contributed by atoms with Gasteiger partial charge in [-0.1, -0.05) is 0 Å². The van der Waals surface area contributed by atoms with E-state index >= 15 is 0 Å². The van der Waals surface area contributed by atoms with Crippen molar-refractivity contribution in [3.05, 3.63) is 0 Å². The second kappa shape index (κ2) is 8.10. The van der Waals surface area contributed by atoms with Crippen LogP contribution in [0.1, 0.15) is 12.8 Å². The predicted octanol–water partition coefficient (Wildman–Crippen LogP) is 4.34. The van der Waals surface area contributed by atoms with Gasteiger partial charge in [-0.2, -0.15) is 65.9 Å². The van der Waals surface area contributed by atoms with E-state index in [2.05, 4.69) is 0 Å². The van der Waals surface area contributed by atoms with E-state index in [9.17, 15) is 75.4 Å². The molecule has 0 aliphatic carbocycles. The summed E-state index contributed by atoms with van der Waals surface area (Å²) < 4.78 is 193. The van der Waals surface area contributed by atoms with E-state index in [1.54, 1.807) is 0 Å². The summed E-state index contributed by atoms with van der Waals surface area (Å²) >= 11 is 0. The van der Waals surface area contributed by atoms with Gasteiger partial charge in [-0.25, -0.2) is 0 Å². The summed E-state index contributed by atoms with van der Waals surface area (Å²) in [5.41, 5.74) is 0. The molecule has 184 valence electrons. The van der Waals surface area contributed by atoms with Crippen molar-refractivity contribution < 1.29 is 80.6 Å². The smallest absolute Gasteiger partial charge is 0.460 e. The van der Waals surface area contributed by atoms with Crippen LogP contribution in [0.15, 0.2) is 0 Å². The number of alkyl halides is 15. The molecule has 0 heterocycles. The van der Waals surface area contributed by atoms with Gasteiger partial charge >= 0.3 is 47.7 Å². The number of aliphatic carboxylic acids is 1. The molecule has 0 unspecified atom stereocenters. The second-order valence-corrected chi connectivity index (χ2v) is 5.74. The average Bonchev–Trinajstić information content (AvgIpc) is 2.56. The molecule has 0 aliphatic rings. The van der Waals surface area contributed by atoms with Crippen LogP contribution < -0.4 is 5.32 Å². The zero-order chi connectivity index (χ0) is 25.5. The number of nitrogens with one attached hydrogen (secondary N) is 1. The van der Waals surface area contributed by atoms with Crippen molar-refractivity contribution in [1.82, 2.24) is 5.32 Å². The lowest BCUT2D eigenvalue weighted by Gasteiger charge is -2.41. The molecule has 0 saturated carbocycles. The Morgan fingerprint density at radius 1 is 0.581 bits per heavy atom. The van der Waals surface area contributed by atoms with Crippen molar-refractivity contribution in [2.24, 2.45) is 0 Å². The molecular formula is C12H8F15NO3. The van der Waals surface area contributed by atoms with E-state index in [-0.39, 0.29) is 0 Å². The van der Waals surface area contributed by atoms with Gasteiger partial charge in [-0.05, 0) is 0 Å². The summed E-state index contributed by atoms with van der Waals surface area (Å²) in [6.45, 7) is -3.04. The van der Waals surface area contributed by atoms with Crippen LogP contribution in [0.4, 0.5) is 65.9 Å². The predicted molar refractivity (Wildman–Crippen MR) is 65.6 cm³/mol. The Balaban J connectivity index is 6.04. The number of carbonyl (C=O) groups is 2. The van der Waals surface area contributed by atoms with E-state index in [1.165, 1.54) is 0 Å². The maximum absolute atomic E-state index is 13.4. The molecule has 0 radical (unpaired) electrons. The lowest BCUT2D eigenvalue weighted by Crippen LogP contribution is -2.73. The number of halogens is 15. The van der Waals surface area contributed by atoms with Crippen LogP contribution in [0.25, 0.3) is 0 Å². The van der Waals surface area contributed by atoms with Crippen LogP contribution in [0, 0.1) is 0 Å². The van der Waals surface area contributed by atoms with E-state index in [0.717, 1.165) is 0 Å². The Bertz CT molecular complexity index is 685. The van der Waals surface area contributed by atoms with E-state index in [1.807, 2.05) is 0 Å². The van der Waals surface area contributed by atoms with Crippen molar-refractivity contribution in [2.45, 2.75) is 54.6 Å². The van der Waals surface area contributed by atoms with Crippen LogP contribution in [-0.4, -0.2) is 65.2 Å². The lowest BCUT2D eigenvalue weighted by molar-refractivity contribution is -0.451. The third kappa shape index (κ3) is 4.73. The van der Waals surface area contributed by atoms with Gasteiger partial charge in [-0.15, -0.1) is 0 Å². The van der Waals surface area contributed by atoms with Gasteiger partial charge in [0.25, 0.3) is 0 Å². The summed E-state index contributed by atoms with van der Waals surface area (Å²) in [7, 11) is 0. The number of carboxylic acids is 1. The highest BCUT2D eigenvalue weighted by Gasteiger charge is 2.93. The fourth-order valence-electron chi connectivity index (χ4n) is 1.63. The Kier molecular flexibility index (Phi) is 7.55. The topological polar surface area (TPSA) is 66.4 Å². The largest absolute Gasteiger partial charge is 0.481 e. The normalized spacial score (nSPS) is 15.1. The molecule has 0 rings (SSSR count). The standard InChI is InChI=1S/C12H8F15NO3/c13-6(14,3-28-4(29)1-2-5(30)31)7(15,16)8(17,18)9(19,20)10(21,22)11(23,24)12(25,26)27/h1-3H2,(H,28,29)(H,30,31). The highest BCUT2D eigenvalue weighted by atomic mass is 19.4. The Morgan fingerprint density at radius 3 is 1.29 bits per heavy atom. The van der Waals surface area contributed by atoms with E-state index < -0.39 is 73.0 Å². The second-order valence-electron chi connectivity index (χ2n) is 5.74. The molecule has 31 heavy (non-hydrogen) atoms. The van der Waals surface area contributed by atoms with Crippen LogP contribution in [0.3, 0.4) is 0 Å². The quantitative estimate of drug-likeness (QED) is 0.440. The molecule has 0 aromatic carbocycles. The molecule has 0 aromatic heterocycles. The molecule has 0 bridgehead atoms. The first-order valence-electron chi connectivity index (χ1n) is 7.13. The third-order valence-electron chi connectivity index (χ3n) is 3.47. The van der Waals surface area contributed by atoms with Gasteiger partial charge in [0.05, 0.1) is 13.0 Å². The monoisotopic (exact) mass is 499 g/mol. The Morgan fingerprint density at radius 2 is 0.935 bits per heavy atom. The number of rotatable bonds is 10. The Labute approximate surface area is 160 Å². The van der Waals surface area contributed by atoms with Crippen molar-refractivity contribution in [1.29, 1.82) is 0 Å². The zero-order valence-electron chi connectivity index (χ0n) is 14.1. The fourth-order valence-corrected chi connectivity index (χ4v) is 1.63. The summed E-state index contributed by atoms with van der Waals surface area (Å²) in [6, 6.07) is 0. The number of amides is 1. The molecule has 0 aliphatic heterocycles. The van der Waals surface area contributed by atoms with Crippen molar-refractivity contribution in [2.75, 3.05) is 6.54 Å². The summed E-state index contributed by atoms with van der Waals surface area (Å²) in [6.07, 6.45) is -10.0. The van der Waals surface area contributed by atoms with Gasteiger partial charge < -0.3 is 10.4 Å². The first-order valence-corrected chi connectivity index (χ1v) is 7.13. The number of hydrogen-bond acceptors (Lipinski definition) is 2. The van der Waals surface area contributed by atoms with Gasteiger partial charge in [0.15, 0.2) is 0 Å². The summed E-state index contributed by atoms with van der Waals surface area (Å²) in [4.78, 5) is 21.0. The Hall–Kier alpha value is -2.11. The van der Waals surface area contributed by atoms with Crippen molar-refractivity contribution in [3.63, 3.8) is 0 Å². The number of hydrogen-bond donors (Lipinski definition) is 2. The first-order chi connectivity index (χ1) is 13.3. The first kappa shape index (κ1) is 28.9. The minimum absolute atomic E-state index is 0.675. The van der Waals surface area contributed by atoms with Crippen molar-refractivity contribution in [3.8, 4) is 0 Å². The molecule has 0 atom stereocenters. The molecule has 19 heteroatoms. The van der Waals surface area contributed by atoms with Gasteiger partial charge in [0.2, 0.25) is 5.91 Å². The van der Waals surface area contributed by atoms with Gasteiger partial charge in [0, 0.05) is 6.42 Å². The third-order valence-corrected chi connectivity index (χ3v) is 3.47. The summed E-state index contributed by atoms with van der Waals surface area (Å²) in [5.74, 6) is -51.0.